The van der Waals surface area contributed by atoms with Gasteiger partial charge in [-0.25, -0.2) is 0 Å². The Morgan fingerprint density at radius 2 is 1.94 bits per heavy atom. The quantitative estimate of drug-likeness (QED) is 0.752. The van der Waals surface area contributed by atoms with Gasteiger partial charge in [-0.2, -0.15) is 0 Å². The Bertz CT molecular complexity index is 564. The minimum atomic E-state index is 0.0554. The normalized spacial score (nSPS) is 12.6. The van der Waals surface area contributed by atoms with Crippen molar-refractivity contribution >= 4 is 11.6 Å². The van der Waals surface area contributed by atoms with Crippen molar-refractivity contribution in [1.29, 1.82) is 0 Å². The number of hydrogen-bond donors (Lipinski definition) is 1. The molecular formula is C13H9ClO2. The van der Waals surface area contributed by atoms with E-state index in [-0.39, 0.29) is 5.75 Å². The topological polar surface area (TPSA) is 29.5 Å². The van der Waals surface area contributed by atoms with Crippen molar-refractivity contribution in [3.63, 3.8) is 0 Å². The molecule has 1 aliphatic heterocycles. The summed E-state index contributed by atoms with van der Waals surface area (Å²) in [5.74, 6) is 0.736. The summed E-state index contributed by atoms with van der Waals surface area (Å²) in [6.45, 7) is 0.532. The SMILES string of the molecule is Oc1cc2c(cc1Cl)-c1ccccc1CO2. The molecule has 0 bridgehead atoms. The van der Waals surface area contributed by atoms with E-state index in [9.17, 15) is 5.11 Å². The van der Waals surface area contributed by atoms with Gasteiger partial charge in [0.15, 0.2) is 0 Å². The number of rotatable bonds is 0. The van der Waals surface area contributed by atoms with Gasteiger partial charge in [0.1, 0.15) is 18.1 Å². The highest BCUT2D eigenvalue weighted by molar-refractivity contribution is 6.32. The lowest BCUT2D eigenvalue weighted by Crippen LogP contribution is -2.04. The maximum atomic E-state index is 9.51. The number of halogens is 1. The zero-order chi connectivity index (χ0) is 11.1. The average molecular weight is 233 g/mol. The van der Waals surface area contributed by atoms with Crippen LogP contribution in [0.3, 0.4) is 0 Å². The molecule has 0 amide bonds. The number of phenolic OH excluding ortho intramolecular Hbond substituents is 1. The van der Waals surface area contributed by atoms with Crippen LogP contribution in [0.15, 0.2) is 36.4 Å². The number of aromatic hydroxyl groups is 1. The average Bonchev–Trinajstić information content (AvgIpc) is 2.31. The van der Waals surface area contributed by atoms with Crippen molar-refractivity contribution < 1.29 is 9.84 Å². The molecule has 0 radical (unpaired) electrons. The van der Waals surface area contributed by atoms with Crippen LogP contribution in [0.2, 0.25) is 5.02 Å². The van der Waals surface area contributed by atoms with Gasteiger partial charge >= 0.3 is 0 Å². The van der Waals surface area contributed by atoms with Gasteiger partial charge in [-0.3, -0.25) is 0 Å². The highest BCUT2D eigenvalue weighted by atomic mass is 35.5. The van der Waals surface area contributed by atoms with Crippen LogP contribution in [-0.2, 0) is 6.61 Å². The molecule has 0 fully saturated rings. The molecule has 1 heterocycles. The summed E-state index contributed by atoms with van der Waals surface area (Å²) in [6, 6.07) is 11.3. The summed E-state index contributed by atoms with van der Waals surface area (Å²) in [4.78, 5) is 0. The second kappa shape index (κ2) is 3.42. The van der Waals surface area contributed by atoms with Crippen molar-refractivity contribution in [2.75, 3.05) is 0 Å². The Morgan fingerprint density at radius 3 is 2.81 bits per heavy atom. The number of hydrogen-bond acceptors (Lipinski definition) is 2. The minimum Gasteiger partial charge on any atom is -0.506 e. The predicted octanol–water partition coefficient (Wildman–Crippen LogP) is 3.61. The highest BCUT2D eigenvalue weighted by Crippen LogP contribution is 2.42. The first-order valence-corrected chi connectivity index (χ1v) is 5.37. The summed E-state index contributed by atoms with van der Waals surface area (Å²) in [5, 5.41) is 9.86. The molecule has 0 atom stereocenters. The molecule has 0 unspecified atom stereocenters. The molecule has 1 aliphatic rings. The van der Waals surface area contributed by atoms with E-state index in [0.717, 1.165) is 16.7 Å². The molecule has 0 saturated heterocycles. The van der Waals surface area contributed by atoms with E-state index in [1.165, 1.54) is 0 Å². The Balaban J connectivity index is 2.28. The molecule has 80 valence electrons. The Morgan fingerprint density at radius 1 is 1.12 bits per heavy atom. The number of fused-ring (bicyclic) bond motifs is 3. The summed E-state index contributed by atoms with van der Waals surface area (Å²) >= 11 is 5.91. The van der Waals surface area contributed by atoms with E-state index in [1.807, 2.05) is 24.3 Å². The van der Waals surface area contributed by atoms with Gasteiger partial charge in [-0.15, -0.1) is 0 Å². The molecule has 2 aromatic carbocycles. The Kier molecular flexibility index (Phi) is 2.04. The lowest BCUT2D eigenvalue weighted by atomic mass is 9.97. The van der Waals surface area contributed by atoms with Crippen molar-refractivity contribution in [3.05, 3.63) is 47.0 Å². The maximum Gasteiger partial charge on any atom is 0.137 e. The molecule has 0 spiro atoms. The molecule has 0 aromatic heterocycles. The van der Waals surface area contributed by atoms with Crippen LogP contribution in [0.4, 0.5) is 0 Å². The van der Waals surface area contributed by atoms with E-state index in [0.29, 0.717) is 17.4 Å². The predicted molar refractivity (Wildman–Crippen MR) is 62.9 cm³/mol. The van der Waals surface area contributed by atoms with Gasteiger partial charge in [-0.05, 0) is 17.2 Å². The first kappa shape index (κ1) is 9.55. The first-order chi connectivity index (χ1) is 7.75. The third-order valence-corrected chi connectivity index (χ3v) is 3.04. The molecule has 2 nitrogen and oxygen atoms in total. The van der Waals surface area contributed by atoms with E-state index < -0.39 is 0 Å². The van der Waals surface area contributed by atoms with Crippen LogP contribution in [0, 0.1) is 0 Å². The number of benzene rings is 2. The molecule has 1 N–H and O–H groups in total. The summed E-state index contributed by atoms with van der Waals surface area (Å²) in [5.41, 5.74) is 3.19. The minimum absolute atomic E-state index is 0.0554. The fourth-order valence-corrected chi connectivity index (χ4v) is 2.10. The molecule has 16 heavy (non-hydrogen) atoms. The summed E-state index contributed by atoms with van der Waals surface area (Å²) in [7, 11) is 0. The first-order valence-electron chi connectivity index (χ1n) is 4.99. The lowest BCUT2D eigenvalue weighted by molar-refractivity contribution is 0.300. The third kappa shape index (κ3) is 1.34. The maximum absolute atomic E-state index is 9.51. The fraction of sp³-hybridized carbons (Fsp3) is 0.0769. The van der Waals surface area contributed by atoms with Gasteiger partial charge in [0.25, 0.3) is 0 Å². The van der Waals surface area contributed by atoms with Crippen LogP contribution < -0.4 is 4.74 Å². The van der Waals surface area contributed by atoms with Gasteiger partial charge in [-0.1, -0.05) is 35.9 Å². The second-order valence-electron chi connectivity index (χ2n) is 3.75. The smallest absolute Gasteiger partial charge is 0.137 e. The van der Waals surface area contributed by atoms with Crippen LogP contribution in [0.5, 0.6) is 11.5 Å². The van der Waals surface area contributed by atoms with Gasteiger partial charge in [0.2, 0.25) is 0 Å². The van der Waals surface area contributed by atoms with Crippen molar-refractivity contribution in [3.8, 4) is 22.6 Å². The zero-order valence-electron chi connectivity index (χ0n) is 8.40. The van der Waals surface area contributed by atoms with Crippen molar-refractivity contribution in [2.24, 2.45) is 0 Å². The molecule has 0 aliphatic carbocycles. The summed E-state index contributed by atoms with van der Waals surface area (Å²) in [6.07, 6.45) is 0. The molecule has 2 aromatic rings. The van der Waals surface area contributed by atoms with Crippen LogP contribution in [0.25, 0.3) is 11.1 Å². The standard InChI is InChI=1S/C13H9ClO2/c14-11-5-10-9-4-2-1-3-8(9)7-16-13(10)6-12(11)15/h1-6,15H,7H2. The van der Waals surface area contributed by atoms with Gasteiger partial charge in [0.05, 0.1) is 5.02 Å². The molecule has 0 saturated carbocycles. The molecule has 3 heteroatoms. The highest BCUT2D eigenvalue weighted by Gasteiger charge is 2.18. The van der Waals surface area contributed by atoms with E-state index >= 15 is 0 Å². The van der Waals surface area contributed by atoms with Crippen LogP contribution >= 0.6 is 11.6 Å². The zero-order valence-corrected chi connectivity index (χ0v) is 9.16. The van der Waals surface area contributed by atoms with Gasteiger partial charge < -0.3 is 9.84 Å². The Hall–Kier alpha value is -1.67. The Labute approximate surface area is 98.1 Å². The fourth-order valence-electron chi connectivity index (χ4n) is 1.94. The van der Waals surface area contributed by atoms with Crippen LogP contribution in [-0.4, -0.2) is 5.11 Å². The third-order valence-electron chi connectivity index (χ3n) is 2.74. The van der Waals surface area contributed by atoms with E-state index in [1.54, 1.807) is 12.1 Å². The molecule has 3 rings (SSSR count). The molecular weight excluding hydrogens is 224 g/mol. The lowest BCUT2D eigenvalue weighted by Gasteiger charge is -2.21. The van der Waals surface area contributed by atoms with E-state index in [2.05, 4.69) is 0 Å². The van der Waals surface area contributed by atoms with Crippen molar-refractivity contribution in [1.82, 2.24) is 0 Å². The monoisotopic (exact) mass is 232 g/mol. The number of phenols is 1. The number of ether oxygens (including phenoxy) is 1. The second-order valence-corrected chi connectivity index (χ2v) is 4.15. The largest absolute Gasteiger partial charge is 0.506 e. The van der Waals surface area contributed by atoms with Crippen LogP contribution in [0.1, 0.15) is 5.56 Å². The van der Waals surface area contributed by atoms with Gasteiger partial charge in [0, 0.05) is 11.6 Å². The van der Waals surface area contributed by atoms with Crippen molar-refractivity contribution in [2.45, 2.75) is 6.61 Å². The van der Waals surface area contributed by atoms with E-state index in [4.69, 9.17) is 16.3 Å². The summed E-state index contributed by atoms with van der Waals surface area (Å²) < 4.78 is 5.57.